The summed E-state index contributed by atoms with van der Waals surface area (Å²) >= 11 is 6.46. The summed E-state index contributed by atoms with van der Waals surface area (Å²) in [6.45, 7) is 1.97. The smallest absolute Gasteiger partial charge is 0.269 e. The number of likely N-dealkylation sites (tertiary alicyclic amines) is 1. The summed E-state index contributed by atoms with van der Waals surface area (Å²) in [6.07, 6.45) is 3.31. The molecule has 2 aromatic carbocycles. The molecule has 0 bridgehead atoms. The number of piperidine rings is 1. The fourth-order valence-electron chi connectivity index (χ4n) is 3.96. The first-order valence-corrected chi connectivity index (χ1v) is 10.3. The Morgan fingerprint density at radius 3 is 2.55 bits per heavy atom. The minimum Gasteiger partial charge on any atom is -0.347 e. The monoisotopic (exact) mass is 409 g/mol. The zero-order valence-corrected chi connectivity index (χ0v) is 17.2. The number of rotatable bonds is 4. The largest absolute Gasteiger partial charge is 0.347 e. The number of amides is 2. The standard InChI is InChI=1S/C23H24ClN3O2/c1-26-19-11-4-3-10-18(19)20(24)21(26)22(28)25-15-16-8-7-9-17(14-16)23(29)27-12-5-2-6-13-27/h3-4,7-11,14H,2,5-6,12-13,15H2,1H3,(H,25,28). The van der Waals surface area contributed by atoms with Gasteiger partial charge in [0, 0.05) is 43.1 Å². The lowest BCUT2D eigenvalue weighted by Gasteiger charge is -2.26. The van der Waals surface area contributed by atoms with Gasteiger partial charge in [0.25, 0.3) is 11.8 Å². The molecular weight excluding hydrogens is 386 g/mol. The molecule has 3 aromatic rings. The van der Waals surface area contributed by atoms with Crippen molar-refractivity contribution in [3.05, 3.63) is 70.4 Å². The molecule has 0 saturated carbocycles. The Morgan fingerprint density at radius 1 is 1.03 bits per heavy atom. The van der Waals surface area contributed by atoms with Gasteiger partial charge in [0.15, 0.2) is 0 Å². The summed E-state index contributed by atoms with van der Waals surface area (Å²) < 4.78 is 1.81. The van der Waals surface area contributed by atoms with Crippen LogP contribution in [0, 0.1) is 0 Å². The summed E-state index contributed by atoms with van der Waals surface area (Å²) in [6, 6.07) is 15.1. The van der Waals surface area contributed by atoms with Gasteiger partial charge in [-0.3, -0.25) is 9.59 Å². The Hall–Kier alpha value is -2.79. The van der Waals surface area contributed by atoms with Crippen LogP contribution in [0.3, 0.4) is 0 Å². The molecule has 0 unspecified atom stereocenters. The van der Waals surface area contributed by atoms with E-state index in [-0.39, 0.29) is 11.8 Å². The van der Waals surface area contributed by atoms with Crippen LogP contribution in [0.1, 0.15) is 45.7 Å². The van der Waals surface area contributed by atoms with Crippen molar-refractivity contribution in [3.63, 3.8) is 0 Å². The van der Waals surface area contributed by atoms with E-state index in [1.165, 1.54) is 6.42 Å². The molecule has 1 saturated heterocycles. The highest BCUT2D eigenvalue weighted by atomic mass is 35.5. The maximum absolute atomic E-state index is 12.8. The fourth-order valence-corrected chi connectivity index (χ4v) is 4.33. The number of nitrogens with zero attached hydrogens (tertiary/aromatic N) is 2. The molecule has 1 aliphatic heterocycles. The van der Waals surface area contributed by atoms with Crippen LogP contribution in [-0.4, -0.2) is 34.4 Å². The molecule has 1 aromatic heterocycles. The zero-order valence-electron chi connectivity index (χ0n) is 16.5. The number of hydrogen-bond donors (Lipinski definition) is 1. The van der Waals surface area contributed by atoms with E-state index in [1.54, 1.807) is 0 Å². The van der Waals surface area contributed by atoms with E-state index < -0.39 is 0 Å². The number of aromatic nitrogens is 1. The Labute approximate surface area is 175 Å². The summed E-state index contributed by atoms with van der Waals surface area (Å²) in [4.78, 5) is 27.4. The number of halogens is 1. The SMILES string of the molecule is Cn1c(C(=O)NCc2cccc(C(=O)N3CCCCC3)c2)c(Cl)c2ccccc21. The Morgan fingerprint density at radius 2 is 1.79 bits per heavy atom. The average molecular weight is 410 g/mol. The third-order valence-electron chi connectivity index (χ3n) is 5.53. The molecule has 0 spiro atoms. The molecule has 150 valence electrons. The van der Waals surface area contributed by atoms with Crippen LogP contribution in [0.4, 0.5) is 0 Å². The van der Waals surface area contributed by atoms with Gasteiger partial charge in [-0.2, -0.15) is 0 Å². The van der Waals surface area contributed by atoms with Crippen molar-refractivity contribution in [1.82, 2.24) is 14.8 Å². The molecule has 4 rings (SSSR count). The number of aryl methyl sites for hydroxylation is 1. The van der Waals surface area contributed by atoms with Gasteiger partial charge in [-0.25, -0.2) is 0 Å². The van der Waals surface area contributed by atoms with Gasteiger partial charge in [0.1, 0.15) is 5.69 Å². The highest BCUT2D eigenvalue weighted by molar-refractivity contribution is 6.38. The lowest BCUT2D eigenvalue weighted by Crippen LogP contribution is -2.35. The highest BCUT2D eigenvalue weighted by Gasteiger charge is 2.20. The number of benzene rings is 2. The second-order valence-corrected chi connectivity index (χ2v) is 7.85. The molecule has 0 aliphatic carbocycles. The summed E-state index contributed by atoms with van der Waals surface area (Å²) in [5.74, 6) is -0.170. The van der Waals surface area contributed by atoms with E-state index in [0.29, 0.717) is 22.8 Å². The first kappa shape index (κ1) is 19.5. The van der Waals surface area contributed by atoms with Crippen molar-refractivity contribution in [2.75, 3.05) is 13.1 Å². The lowest BCUT2D eigenvalue weighted by atomic mass is 10.1. The minimum atomic E-state index is -0.235. The number of para-hydroxylation sites is 1. The summed E-state index contributed by atoms with van der Waals surface area (Å²) in [7, 11) is 1.83. The molecule has 1 N–H and O–H groups in total. The number of carbonyl (C=O) groups is 2. The van der Waals surface area contributed by atoms with Crippen LogP contribution in [0.2, 0.25) is 5.02 Å². The fraction of sp³-hybridized carbons (Fsp3) is 0.304. The molecule has 0 radical (unpaired) electrons. The predicted octanol–water partition coefficient (Wildman–Crippen LogP) is 4.39. The predicted molar refractivity (Wildman–Crippen MR) is 115 cm³/mol. The van der Waals surface area contributed by atoms with Gasteiger partial charge in [0.05, 0.1) is 5.02 Å². The van der Waals surface area contributed by atoms with Crippen molar-refractivity contribution in [2.24, 2.45) is 7.05 Å². The minimum absolute atomic E-state index is 0.0644. The van der Waals surface area contributed by atoms with E-state index in [4.69, 9.17) is 11.6 Å². The lowest BCUT2D eigenvalue weighted by molar-refractivity contribution is 0.0724. The topological polar surface area (TPSA) is 54.3 Å². The van der Waals surface area contributed by atoms with Crippen molar-refractivity contribution in [2.45, 2.75) is 25.8 Å². The van der Waals surface area contributed by atoms with Gasteiger partial charge in [0.2, 0.25) is 0 Å². The van der Waals surface area contributed by atoms with E-state index in [9.17, 15) is 9.59 Å². The second-order valence-electron chi connectivity index (χ2n) is 7.47. The number of hydrogen-bond acceptors (Lipinski definition) is 2. The van der Waals surface area contributed by atoms with Gasteiger partial charge in [-0.05, 0) is 43.0 Å². The quantitative estimate of drug-likeness (QED) is 0.694. The molecule has 1 aliphatic rings. The average Bonchev–Trinajstić information content (AvgIpc) is 3.03. The van der Waals surface area contributed by atoms with Gasteiger partial charge >= 0.3 is 0 Å². The first-order valence-electron chi connectivity index (χ1n) is 9.95. The third-order valence-corrected chi connectivity index (χ3v) is 5.91. The Balaban J connectivity index is 1.48. The molecule has 2 amide bonds. The second kappa shape index (κ2) is 8.29. The van der Waals surface area contributed by atoms with Crippen molar-refractivity contribution >= 4 is 34.3 Å². The summed E-state index contributed by atoms with van der Waals surface area (Å²) in [5, 5.41) is 4.25. The van der Waals surface area contributed by atoms with Crippen LogP contribution in [0.15, 0.2) is 48.5 Å². The Kier molecular flexibility index (Phi) is 5.58. The number of nitrogens with one attached hydrogen (secondary N) is 1. The van der Waals surface area contributed by atoms with E-state index >= 15 is 0 Å². The molecule has 1 fully saturated rings. The molecule has 0 atom stereocenters. The number of carbonyl (C=O) groups excluding carboxylic acids is 2. The zero-order chi connectivity index (χ0) is 20.4. The summed E-state index contributed by atoms with van der Waals surface area (Å²) in [5.41, 5.74) is 2.91. The van der Waals surface area contributed by atoms with Crippen LogP contribution in [-0.2, 0) is 13.6 Å². The van der Waals surface area contributed by atoms with E-state index in [1.807, 2.05) is 65.0 Å². The highest BCUT2D eigenvalue weighted by Crippen LogP contribution is 2.29. The van der Waals surface area contributed by atoms with E-state index in [0.717, 1.165) is 42.4 Å². The molecular formula is C23H24ClN3O2. The molecule has 5 nitrogen and oxygen atoms in total. The molecule has 29 heavy (non-hydrogen) atoms. The van der Waals surface area contributed by atoms with Crippen LogP contribution >= 0.6 is 11.6 Å². The van der Waals surface area contributed by atoms with Crippen LogP contribution in [0.25, 0.3) is 10.9 Å². The van der Waals surface area contributed by atoms with Crippen LogP contribution in [0.5, 0.6) is 0 Å². The first-order chi connectivity index (χ1) is 14.1. The van der Waals surface area contributed by atoms with Gasteiger partial charge in [-0.1, -0.05) is 41.9 Å². The third kappa shape index (κ3) is 3.87. The van der Waals surface area contributed by atoms with Gasteiger partial charge in [-0.15, -0.1) is 0 Å². The molecule has 2 heterocycles. The molecule has 6 heteroatoms. The van der Waals surface area contributed by atoms with Crippen molar-refractivity contribution in [3.8, 4) is 0 Å². The number of fused-ring (bicyclic) bond motifs is 1. The normalized spacial score (nSPS) is 14.2. The maximum atomic E-state index is 12.8. The van der Waals surface area contributed by atoms with Crippen molar-refractivity contribution in [1.29, 1.82) is 0 Å². The van der Waals surface area contributed by atoms with Crippen molar-refractivity contribution < 1.29 is 9.59 Å². The Bertz CT molecular complexity index is 1030. The maximum Gasteiger partial charge on any atom is 0.269 e. The van der Waals surface area contributed by atoms with Crippen LogP contribution < -0.4 is 5.32 Å². The van der Waals surface area contributed by atoms with E-state index in [2.05, 4.69) is 5.32 Å². The van der Waals surface area contributed by atoms with Gasteiger partial charge < -0.3 is 14.8 Å².